The molecule has 1 aromatic rings. The van der Waals surface area contributed by atoms with Crippen LogP contribution in [-0.2, 0) is 9.53 Å². The van der Waals surface area contributed by atoms with Gasteiger partial charge in [-0.15, -0.1) is 0 Å². The number of benzene rings is 1. The highest BCUT2D eigenvalue weighted by Gasteiger charge is 2.20. The third kappa shape index (κ3) is 5.41. The summed E-state index contributed by atoms with van der Waals surface area (Å²) in [5.74, 6) is 1.09. The number of amides is 1. The molecule has 0 unspecified atom stereocenters. The maximum atomic E-state index is 12.2. The van der Waals surface area contributed by atoms with Crippen LogP contribution in [0.2, 0.25) is 0 Å². The Hall–Kier alpha value is -1.79. The number of nitrogens with one attached hydrogen (secondary N) is 1. The van der Waals surface area contributed by atoms with Gasteiger partial charge in [0, 0.05) is 58.5 Å². The van der Waals surface area contributed by atoms with Crippen molar-refractivity contribution in [1.29, 1.82) is 0 Å². The highest BCUT2D eigenvalue weighted by Crippen LogP contribution is 2.20. The molecular formula is C17H27N3O3. The zero-order valence-corrected chi connectivity index (χ0v) is 14.1. The van der Waals surface area contributed by atoms with Crippen LogP contribution in [0.3, 0.4) is 0 Å². The van der Waals surface area contributed by atoms with Crippen LogP contribution in [0.25, 0.3) is 0 Å². The summed E-state index contributed by atoms with van der Waals surface area (Å²) < 4.78 is 10.1. The van der Waals surface area contributed by atoms with Crippen molar-refractivity contribution in [3.05, 3.63) is 24.3 Å². The first-order valence-corrected chi connectivity index (χ1v) is 8.11. The van der Waals surface area contributed by atoms with Gasteiger partial charge in [-0.25, -0.2) is 0 Å². The van der Waals surface area contributed by atoms with E-state index < -0.39 is 0 Å². The maximum absolute atomic E-state index is 12.2. The van der Waals surface area contributed by atoms with E-state index in [4.69, 9.17) is 9.47 Å². The molecule has 0 radical (unpaired) electrons. The fourth-order valence-electron chi connectivity index (χ4n) is 2.66. The molecular weight excluding hydrogens is 294 g/mol. The summed E-state index contributed by atoms with van der Waals surface area (Å²) in [6.07, 6.45) is 0.548. The predicted molar refractivity (Wildman–Crippen MR) is 91.1 cm³/mol. The summed E-state index contributed by atoms with van der Waals surface area (Å²) in [7, 11) is 3.35. The molecule has 0 saturated carbocycles. The third-order valence-corrected chi connectivity index (χ3v) is 4.07. The SMILES string of the molecule is COCCNCCC(=O)N1CCN(c2ccc(OC)cc2)CC1. The van der Waals surface area contributed by atoms with E-state index in [0.717, 1.165) is 38.5 Å². The van der Waals surface area contributed by atoms with E-state index in [0.29, 0.717) is 19.6 Å². The summed E-state index contributed by atoms with van der Waals surface area (Å²) in [4.78, 5) is 16.4. The molecule has 0 aromatic heterocycles. The first-order valence-electron chi connectivity index (χ1n) is 8.11. The van der Waals surface area contributed by atoms with E-state index in [1.807, 2.05) is 17.0 Å². The number of carbonyl (C=O) groups excluding carboxylic acids is 1. The lowest BCUT2D eigenvalue weighted by Crippen LogP contribution is -2.49. The molecule has 1 aliphatic rings. The minimum absolute atomic E-state index is 0.226. The van der Waals surface area contributed by atoms with Gasteiger partial charge in [-0.1, -0.05) is 0 Å². The summed E-state index contributed by atoms with van der Waals surface area (Å²) >= 11 is 0. The molecule has 1 amide bonds. The van der Waals surface area contributed by atoms with Crippen molar-refractivity contribution < 1.29 is 14.3 Å². The number of anilines is 1. The van der Waals surface area contributed by atoms with Gasteiger partial charge in [0.05, 0.1) is 13.7 Å². The molecule has 0 bridgehead atoms. The summed E-state index contributed by atoms with van der Waals surface area (Å²) in [6, 6.07) is 8.07. The van der Waals surface area contributed by atoms with Gasteiger partial charge in [0.1, 0.15) is 5.75 Å². The van der Waals surface area contributed by atoms with Gasteiger partial charge in [0.25, 0.3) is 0 Å². The van der Waals surface area contributed by atoms with Crippen molar-refractivity contribution in [2.75, 3.05) is 65.0 Å². The van der Waals surface area contributed by atoms with E-state index >= 15 is 0 Å². The van der Waals surface area contributed by atoms with Gasteiger partial charge in [0.15, 0.2) is 0 Å². The monoisotopic (exact) mass is 321 g/mol. The van der Waals surface area contributed by atoms with E-state index in [1.165, 1.54) is 5.69 Å². The first-order chi connectivity index (χ1) is 11.2. The Balaban J connectivity index is 1.71. The van der Waals surface area contributed by atoms with Crippen LogP contribution in [-0.4, -0.2) is 70.9 Å². The van der Waals surface area contributed by atoms with Crippen LogP contribution >= 0.6 is 0 Å². The van der Waals surface area contributed by atoms with Crippen molar-refractivity contribution in [2.24, 2.45) is 0 Å². The largest absolute Gasteiger partial charge is 0.497 e. The van der Waals surface area contributed by atoms with Gasteiger partial charge in [-0.3, -0.25) is 4.79 Å². The number of piperazine rings is 1. The summed E-state index contributed by atoms with van der Waals surface area (Å²) in [6.45, 7) is 5.47. The number of rotatable bonds is 8. The van der Waals surface area contributed by atoms with Gasteiger partial charge < -0.3 is 24.6 Å². The molecule has 0 aliphatic carbocycles. The van der Waals surface area contributed by atoms with E-state index in [9.17, 15) is 4.79 Å². The predicted octanol–water partition coefficient (Wildman–Crippen LogP) is 0.970. The molecule has 1 saturated heterocycles. The molecule has 128 valence electrons. The van der Waals surface area contributed by atoms with Crippen LogP contribution < -0.4 is 15.0 Å². The molecule has 6 nitrogen and oxygen atoms in total. The summed E-state index contributed by atoms with van der Waals surface area (Å²) in [5.41, 5.74) is 1.18. The molecule has 0 spiro atoms. The van der Waals surface area contributed by atoms with Crippen LogP contribution in [0.4, 0.5) is 5.69 Å². The molecule has 1 heterocycles. The number of hydrogen-bond donors (Lipinski definition) is 1. The molecule has 1 fully saturated rings. The molecule has 23 heavy (non-hydrogen) atoms. The smallest absolute Gasteiger partial charge is 0.223 e. The normalized spacial score (nSPS) is 14.9. The fourth-order valence-corrected chi connectivity index (χ4v) is 2.66. The van der Waals surface area contributed by atoms with Crippen LogP contribution in [0.15, 0.2) is 24.3 Å². The second-order valence-corrected chi connectivity index (χ2v) is 5.56. The van der Waals surface area contributed by atoms with E-state index in [-0.39, 0.29) is 5.91 Å². The Labute approximate surface area is 138 Å². The molecule has 1 aromatic carbocycles. The second kappa shape index (κ2) is 9.37. The second-order valence-electron chi connectivity index (χ2n) is 5.56. The number of carbonyl (C=O) groups is 1. The molecule has 2 rings (SSSR count). The van der Waals surface area contributed by atoms with E-state index in [2.05, 4.69) is 22.3 Å². The number of methoxy groups -OCH3 is 2. The average Bonchev–Trinajstić information content (AvgIpc) is 2.61. The number of nitrogens with zero attached hydrogens (tertiary/aromatic N) is 2. The molecule has 1 aliphatic heterocycles. The topological polar surface area (TPSA) is 54.0 Å². The van der Waals surface area contributed by atoms with Crippen molar-refractivity contribution in [1.82, 2.24) is 10.2 Å². The average molecular weight is 321 g/mol. The highest BCUT2D eigenvalue weighted by molar-refractivity contribution is 5.76. The lowest BCUT2D eigenvalue weighted by Gasteiger charge is -2.36. The summed E-state index contributed by atoms with van der Waals surface area (Å²) in [5, 5.41) is 3.21. The maximum Gasteiger partial charge on any atom is 0.223 e. The quantitative estimate of drug-likeness (QED) is 0.723. The minimum Gasteiger partial charge on any atom is -0.497 e. The van der Waals surface area contributed by atoms with Gasteiger partial charge in [-0.05, 0) is 24.3 Å². The Morgan fingerprint density at radius 3 is 2.39 bits per heavy atom. The van der Waals surface area contributed by atoms with Crippen molar-refractivity contribution in [3.8, 4) is 5.75 Å². The standard InChI is InChI=1S/C17H27N3O3/c1-22-14-9-18-8-7-17(21)20-12-10-19(11-13-20)15-3-5-16(23-2)6-4-15/h3-6,18H,7-14H2,1-2H3. The van der Waals surface area contributed by atoms with Crippen molar-refractivity contribution in [2.45, 2.75) is 6.42 Å². The lowest BCUT2D eigenvalue weighted by molar-refractivity contribution is -0.131. The van der Waals surface area contributed by atoms with Gasteiger partial charge in [-0.2, -0.15) is 0 Å². The zero-order valence-electron chi connectivity index (χ0n) is 14.1. The third-order valence-electron chi connectivity index (χ3n) is 4.07. The zero-order chi connectivity index (χ0) is 16.5. The van der Waals surface area contributed by atoms with Crippen LogP contribution in [0.1, 0.15) is 6.42 Å². The number of hydrogen-bond acceptors (Lipinski definition) is 5. The molecule has 0 atom stereocenters. The van der Waals surface area contributed by atoms with Gasteiger partial charge >= 0.3 is 0 Å². The highest BCUT2D eigenvalue weighted by atomic mass is 16.5. The van der Waals surface area contributed by atoms with Crippen LogP contribution in [0.5, 0.6) is 5.75 Å². The Morgan fingerprint density at radius 1 is 1.09 bits per heavy atom. The van der Waals surface area contributed by atoms with E-state index in [1.54, 1.807) is 14.2 Å². The van der Waals surface area contributed by atoms with Crippen LogP contribution in [0, 0.1) is 0 Å². The van der Waals surface area contributed by atoms with Crippen molar-refractivity contribution in [3.63, 3.8) is 0 Å². The number of ether oxygens (including phenoxy) is 2. The molecule has 1 N–H and O–H groups in total. The minimum atomic E-state index is 0.226. The molecule has 6 heteroatoms. The fraction of sp³-hybridized carbons (Fsp3) is 0.588. The van der Waals surface area contributed by atoms with Crippen molar-refractivity contribution >= 4 is 11.6 Å². The Kier molecular flexibility index (Phi) is 7.16. The van der Waals surface area contributed by atoms with Gasteiger partial charge in [0.2, 0.25) is 5.91 Å². The lowest BCUT2D eigenvalue weighted by atomic mass is 10.2. The Morgan fingerprint density at radius 2 is 1.78 bits per heavy atom. The first kappa shape index (κ1) is 17.6. The Bertz CT molecular complexity index is 470.